The molecule has 0 bridgehead atoms. The van der Waals surface area contributed by atoms with Gasteiger partial charge in [0.25, 0.3) is 0 Å². The van der Waals surface area contributed by atoms with Crippen LogP contribution in [0.5, 0.6) is 0 Å². The molecule has 0 saturated carbocycles. The fourth-order valence-electron chi connectivity index (χ4n) is 1.01. The van der Waals surface area contributed by atoms with Crippen molar-refractivity contribution in [1.29, 1.82) is 0 Å². The number of rotatable bonds is 6. The van der Waals surface area contributed by atoms with Gasteiger partial charge >= 0.3 is 12.0 Å². The number of hydrogen-bond donors (Lipinski definition) is 2. The van der Waals surface area contributed by atoms with Gasteiger partial charge in [0.1, 0.15) is 11.6 Å². The molecule has 0 radical (unpaired) electrons. The molecule has 0 aromatic heterocycles. The number of nitroso groups, excluding NO2 is 1. The Labute approximate surface area is 110 Å². The van der Waals surface area contributed by atoms with Gasteiger partial charge in [-0.05, 0) is 39.2 Å². The van der Waals surface area contributed by atoms with Crippen molar-refractivity contribution in [3.05, 3.63) is 4.91 Å². The summed E-state index contributed by atoms with van der Waals surface area (Å²) >= 11 is 1.52. The van der Waals surface area contributed by atoms with Crippen molar-refractivity contribution >= 4 is 23.8 Å². The van der Waals surface area contributed by atoms with Crippen molar-refractivity contribution in [3.63, 3.8) is 0 Å². The molecule has 0 aliphatic heterocycles. The van der Waals surface area contributed by atoms with Crippen LogP contribution in [0.1, 0.15) is 27.2 Å². The summed E-state index contributed by atoms with van der Waals surface area (Å²) in [7, 11) is 0. The monoisotopic (exact) mass is 277 g/mol. The number of ether oxygens (including phenoxy) is 1. The molecule has 7 nitrogen and oxygen atoms in total. The fourth-order valence-corrected chi connectivity index (χ4v) is 1.48. The predicted octanol–water partition coefficient (Wildman–Crippen LogP) is 1.43. The molecule has 18 heavy (non-hydrogen) atoms. The topological polar surface area (TPSA) is 96.9 Å². The van der Waals surface area contributed by atoms with E-state index in [1.165, 1.54) is 11.8 Å². The van der Waals surface area contributed by atoms with Gasteiger partial charge < -0.3 is 4.74 Å². The van der Waals surface area contributed by atoms with Gasteiger partial charge in [-0.25, -0.2) is 10.2 Å². The lowest BCUT2D eigenvalue weighted by Gasteiger charge is -2.21. The normalized spacial score (nSPS) is 12.7. The lowest BCUT2D eigenvalue weighted by atomic mass is 10.2. The van der Waals surface area contributed by atoms with Gasteiger partial charge in [-0.2, -0.15) is 11.8 Å². The van der Waals surface area contributed by atoms with Crippen LogP contribution >= 0.6 is 11.8 Å². The molecule has 0 aromatic carbocycles. The second-order valence-corrected chi connectivity index (χ2v) is 5.52. The molecule has 0 fully saturated rings. The molecule has 2 N–H and O–H groups in total. The maximum Gasteiger partial charge on any atom is 0.422 e. The number of carbonyl (C=O) groups is 2. The van der Waals surface area contributed by atoms with E-state index in [1.54, 1.807) is 20.8 Å². The lowest BCUT2D eigenvalue weighted by Crippen LogP contribution is -2.49. The molecule has 0 unspecified atom stereocenters. The van der Waals surface area contributed by atoms with E-state index in [9.17, 15) is 14.5 Å². The Morgan fingerprint density at radius 1 is 1.39 bits per heavy atom. The van der Waals surface area contributed by atoms with Crippen molar-refractivity contribution in [2.75, 3.05) is 12.0 Å². The third-order valence-electron chi connectivity index (χ3n) is 1.75. The van der Waals surface area contributed by atoms with Crippen LogP contribution in [-0.2, 0) is 9.53 Å². The third-order valence-corrected chi connectivity index (χ3v) is 2.39. The molecule has 0 aliphatic rings. The first-order chi connectivity index (χ1) is 8.30. The minimum Gasteiger partial charge on any atom is -0.443 e. The summed E-state index contributed by atoms with van der Waals surface area (Å²) in [5.74, 6) is -0.185. The number of thioether (sulfide) groups is 1. The number of carbonyl (C=O) groups excluding carboxylic acids is 2. The molecule has 8 heteroatoms. The summed E-state index contributed by atoms with van der Waals surface area (Å²) in [4.78, 5) is 32.7. The maximum absolute atomic E-state index is 11.3. The minimum absolute atomic E-state index is 0.390. The van der Waals surface area contributed by atoms with E-state index in [1.807, 2.05) is 6.26 Å². The molecule has 0 heterocycles. The van der Waals surface area contributed by atoms with Gasteiger partial charge in [0.2, 0.25) is 0 Å². The van der Waals surface area contributed by atoms with E-state index in [-0.39, 0.29) is 0 Å². The van der Waals surface area contributed by atoms with Gasteiger partial charge in [0.05, 0.1) is 0 Å². The van der Waals surface area contributed by atoms with Crippen LogP contribution in [-0.4, -0.2) is 35.7 Å². The van der Waals surface area contributed by atoms with Crippen LogP contribution < -0.4 is 10.9 Å². The highest BCUT2D eigenvalue weighted by atomic mass is 32.2. The summed E-state index contributed by atoms with van der Waals surface area (Å²) in [6.45, 7) is 5.15. The first kappa shape index (κ1) is 16.9. The molecule has 0 aliphatic carbocycles. The Kier molecular flexibility index (Phi) is 7.53. The molecule has 1 atom stereocenters. The summed E-state index contributed by atoms with van der Waals surface area (Å²) in [5.41, 5.74) is 4.04. The Morgan fingerprint density at radius 2 is 2.00 bits per heavy atom. The molecule has 0 saturated heterocycles. The van der Waals surface area contributed by atoms with Crippen molar-refractivity contribution in [3.8, 4) is 0 Å². The Balaban J connectivity index is 4.21. The highest BCUT2D eigenvalue weighted by Crippen LogP contribution is 2.06. The van der Waals surface area contributed by atoms with Crippen LogP contribution in [0.25, 0.3) is 0 Å². The lowest BCUT2D eigenvalue weighted by molar-refractivity contribution is -0.120. The van der Waals surface area contributed by atoms with Gasteiger partial charge in [-0.3, -0.25) is 10.2 Å². The Hall–Kier alpha value is -1.15. The van der Waals surface area contributed by atoms with Crippen LogP contribution in [0.2, 0.25) is 0 Å². The van der Waals surface area contributed by atoms with Crippen molar-refractivity contribution in [1.82, 2.24) is 10.9 Å². The summed E-state index contributed by atoms with van der Waals surface area (Å²) in [5, 5.41) is 2.34. The van der Waals surface area contributed by atoms with E-state index < -0.39 is 23.6 Å². The standard InChI is InChI=1S/C10H19N3O4S/c1-10(2,3)17-9(15)12-11-7(5-6-18-4)8(14)13-16/h7,11H,5-6H2,1-4H3,(H,12,15)/t7-/m0/s1. The van der Waals surface area contributed by atoms with Crippen molar-refractivity contribution < 1.29 is 14.3 Å². The molecule has 104 valence electrons. The Morgan fingerprint density at radius 3 is 2.44 bits per heavy atom. The van der Waals surface area contributed by atoms with Gasteiger partial charge in [-0.1, -0.05) is 0 Å². The van der Waals surface area contributed by atoms with E-state index in [4.69, 9.17) is 4.74 Å². The van der Waals surface area contributed by atoms with Crippen molar-refractivity contribution in [2.24, 2.45) is 5.18 Å². The van der Waals surface area contributed by atoms with Gasteiger partial charge in [-0.15, -0.1) is 4.91 Å². The fraction of sp³-hybridized carbons (Fsp3) is 0.800. The third kappa shape index (κ3) is 8.02. The maximum atomic E-state index is 11.3. The summed E-state index contributed by atoms with van der Waals surface area (Å²) in [6.07, 6.45) is 1.55. The van der Waals surface area contributed by atoms with Crippen LogP contribution in [0.3, 0.4) is 0 Å². The molecule has 0 aromatic rings. The quantitative estimate of drug-likeness (QED) is 0.563. The van der Waals surface area contributed by atoms with Gasteiger partial charge in [0, 0.05) is 5.18 Å². The molecule has 2 amide bonds. The summed E-state index contributed by atoms with van der Waals surface area (Å²) in [6, 6.07) is -0.831. The average molecular weight is 277 g/mol. The number of hydrogen-bond acceptors (Lipinski definition) is 6. The van der Waals surface area contributed by atoms with Crippen LogP contribution in [0.15, 0.2) is 5.18 Å². The summed E-state index contributed by atoms with van der Waals surface area (Å²) < 4.78 is 4.97. The first-order valence-electron chi connectivity index (χ1n) is 5.41. The van der Waals surface area contributed by atoms with Crippen molar-refractivity contribution in [2.45, 2.75) is 38.8 Å². The van der Waals surface area contributed by atoms with E-state index in [0.717, 1.165) is 0 Å². The molecular formula is C10H19N3O4S. The SMILES string of the molecule is CSCC[C@H](NNC(=O)OC(C)(C)C)C(=O)N=O. The molecule has 0 rings (SSSR count). The Bertz CT molecular complexity index is 304. The average Bonchev–Trinajstić information content (AvgIpc) is 2.26. The second-order valence-electron chi connectivity index (χ2n) is 4.53. The number of nitrogens with one attached hydrogen (secondary N) is 2. The molecular weight excluding hydrogens is 258 g/mol. The zero-order chi connectivity index (χ0) is 14.2. The highest BCUT2D eigenvalue weighted by molar-refractivity contribution is 7.98. The van der Waals surface area contributed by atoms with Gasteiger partial charge in [0.15, 0.2) is 0 Å². The zero-order valence-corrected chi connectivity index (χ0v) is 11.8. The number of hydrazine groups is 1. The predicted molar refractivity (Wildman–Crippen MR) is 70.1 cm³/mol. The molecule has 0 spiro atoms. The highest BCUT2D eigenvalue weighted by Gasteiger charge is 2.21. The van der Waals surface area contributed by atoms with Crippen LogP contribution in [0.4, 0.5) is 4.79 Å². The second kappa shape index (κ2) is 8.04. The zero-order valence-electron chi connectivity index (χ0n) is 11.0. The van der Waals surface area contributed by atoms with E-state index in [2.05, 4.69) is 16.0 Å². The first-order valence-corrected chi connectivity index (χ1v) is 6.80. The minimum atomic E-state index is -0.847. The largest absolute Gasteiger partial charge is 0.443 e. The smallest absolute Gasteiger partial charge is 0.422 e. The van der Waals surface area contributed by atoms with E-state index >= 15 is 0 Å². The van der Waals surface area contributed by atoms with E-state index in [0.29, 0.717) is 12.2 Å². The van der Waals surface area contributed by atoms with Crippen LogP contribution in [0, 0.1) is 4.91 Å². The number of nitrogens with zero attached hydrogens (tertiary/aromatic N) is 1. The number of amides is 2.